The minimum Gasteiger partial charge on any atom is -0.366 e. The summed E-state index contributed by atoms with van der Waals surface area (Å²) < 4.78 is 0. The standard InChI is InChI=1S/C18H28N2/c1-14-11-16-9-5-6-10-17(16)20(13-14)18(12-19)15-7-3-2-4-8-15/h5-6,9-10,14-15,18H,2-4,7-8,11-13,19H2,1H3. The van der Waals surface area contributed by atoms with Gasteiger partial charge in [-0.1, -0.05) is 44.4 Å². The first-order valence-corrected chi connectivity index (χ1v) is 8.34. The molecule has 0 saturated heterocycles. The van der Waals surface area contributed by atoms with Crippen LogP contribution in [-0.4, -0.2) is 19.1 Å². The number of nitrogens with zero attached hydrogens (tertiary/aromatic N) is 1. The second-order valence-corrected chi connectivity index (χ2v) is 6.79. The number of rotatable bonds is 3. The van der Waals surface area contributed by atoms with Gasteiger partial charge in [-0.2, -0.15) is 0 Å². The monoisotopic (exact) mass is 272 g/mol. The van der Waals surface area contributed by atoms with Gasteiger partial charge in [-0.15, -0.1) is 0 Å². The summed E-state index contributed by atoms with van der Waals surface area (Å²) in [4.78, 5) is 2.64. The zero-order valence-electron chi connectivity index (χ0n) is 12.7. The average molecular weight is 272 g/mol. The summed E-state index contributed by atoms with van der Waals surface area (Å²) in [5.41, 5.74) is 9.16. The lowest BCUT2D eigenvalue weighted by atomic mass is 9.81. The number of anilines is 1. The largest absolute Gasteiger partial charge is 0.366 e. The topological polar surface area (TPSA) is 29.3 Å². The van der Waals surface area contributed by atoms with Crippen LogP contribution in [0.2, 0.25) is 0 Å². The molecular weight excluding hydrogens is 244 g/mol. The van der Waals surface area contributed by atoms with Crippen LogP contribution in [0.15, 0.2) is 24.3 Å². The van der Waals surface area contributed by atoms with Crippen molar-refractivity contribution in [2.24, 2.45) is 17.6 Å². The summed E-state index contributed by atoms with van der Waals surface area (Å²) in [6.45, 7) is 4.35. The number of nitrogens with two attached hydrogens (primary N) is 1. The van der Waals surface area contributed by atoms with E-state index in [-0.39, 0.29) is 0 Å². The lowest BCUT2D eigenvalue weighted by Gasteiger charge is -2.44. The Morgan fingerprint density at radius 3 is 2.70 bits per heavy atom. The van der Waals surface area contributed by atoms with Gasteiger partial charge in [0.2, 0.25) is 0 Å². The quantitative estimate of drug-likeness (QED) is 0.911. The molecular formula is C18H28N2. The molecule has 1 aliphatic carbocycles. The Labute approximate surface area is 123 Å². The average Bonchev–Trinajstić information content (AvgIpc) is 2.49. The van der Waals surface area contributed by atoms with Crippen LogP contribution >= 0.6 is 0 Å². The van der Waals surface area contributed by atoms with Gasteiger partial charge in [-0.05, 0) is 42.7 Å². The molecule has 1 fully saturated rings. The van der Waals surface area contributed by atoms with Gasteiger partial charge in [0.1, 0.15) is 0 Å². The van der Waals surface area contributed by atoms with E-state index in [1.165, 1.54) is 56.3 Å². The third-order valence-corrected chi connectivity index (χ3v) is 5.21. The molecule has 1 heterocycles. The van der Waals surface area contributed by atoms with Crippen molar-refractivity contribution in [3.05, 3.63) is 29.8 Å². The normalized spacial score (nSPS) is 25.3. The van der Waals surface area contributed by atoms with Crippen molar-refractivity contribution in [3.8, 4) is 0 Å². The van der Waals surface area contributed by atoms with Crippen LogP contribution in [0.25, 0.3) is 0 Å². The Hall–Kier alpha value is -1.02. The number of hydrogen-bond donors (Lipinski definition) is 1. The fourth-order valence-corrected chi connectivity index (χ4v) is 4.24. The van der Waals surface area contributed by atoms with Crippen LogP contribution < -0.4 is 10.6 Å². The summed E-state index contributed by atoms with van der Waals surface area (Å²) in [6, 6.07) is 9.49. The Morgan fingerprint density at radius 1 is 1.20 bits per heavy atom. The zero-order chi connectivity index (χ0) is 13.9. The minimum absolute atomic E-state index is 0.541. The van der Waals surface area contributed by atoms with Gasteiger partial charge in [0.15, 0.2) is 0 Å². The van der Waals surface area contributed by atoms with E-state index >= 15 is 0 Å². The van der Waals surface area contributed by atoms with Gasteiger partial charge in [0.05, 0.1) is 0 Å². The smallest absolute Gasteiger partial charge is 0.0440 e. The molecule has 2 aliphatic rings. The summed E-state index contributed by atoms with van der Waals surface area (Å²) >= 11 is 0. The predicted octanol–water partition coefficient (Wildman–Crippen LogP) is 3.59. The minimum atomic E-state index is 0.541. The fraction of sp³-hybridized carbons (Fsp3) is 0.667. The first-order chi connectivity index (χ1) is 9.79. The zero-order valence-corrected chi connectivity index (χ0v) is 12.7. The third-order valence-electron chi connectivity index (χ3n) is 5.21. The summed E-state index contributed by atoms with van der Waals surface area (Å²) in [7, 11) is 0. The van der Waals surface area contributed by atoms with Crippen molar-refractivity contribution in [2.45, 2.75) is 51.5 Å². The van der Waals surface area contributed by atoms with E-state index in [2.05, 4.69) is 36.1 Å². The van der Waals surface area contributed by atoms with Crippen LogP contribution in [0.3, 0.4) is 0 Å². The highest BCUT2D eigenvalue weighted by Crippen LogP contribution is 2.36. The molecule has 20 heavy (non-hydrogen) atoms. The maximum Gasteiger partial charge on any atom is 0.0440 e. The molecule has 1 aromatic carbocycles. The molecule has 2 atom stereocenters. The fourth-order valence-electron chi connectivity index (χ4n) is 4.24. The highest BCUT2D eigenvalue weighted by atomic mass is 15.2. The van der Waals surface area contributed by atoms with Crippen LogP contribution in [0, 0.1) is 11.8 Å². The molecule has 0 spiro atoms. The molecule has 2 nitrogen and oxygen atoms in total. The summed E-state index contributed by atoms with van der Waals surface area (Å²) in [5, 5.41) is 0. The van der Waals surface area contributed by atoms with E-state index in [0.717, 1.165) is 18.4 Å². The molecule has 2 heteroatoms. The maximum atomic E-state index is 6.20. The van der Waals surface area contributed by atoms with Crippen LogP contribution in [0.1, 0.15) is 44.6 Å². The van der Waals surface area contributed by atoms with Crippen LogP contribution in [0.4, 0.5) is 5.69 Å². The molecule has 0 aromatic heterocycles. The highest BCUT2D eigenvalue weighted by Gasteiger charge is 2.32. The van der Waals surface area contributed by atoms with Crippen molar-refractivity contribution < 1.29 is 0 Å². The number of hydrogen-bond acceptors (Lipinski definition) is 2. The molecule has 110 valence electrons. The predicted molar refractivity (Wildman–Crippen MR) is 86.1 cm³/mol. The van der Waals surface area contributed by atoms with E-state index in [4.69, 9.17) is 5.73 Å². The van der Waals surface area contributed by atoms with Gasteiger partial charge < -0.3 is 10.6 Å². The second-order valence-electron chi connectivity index (χ2n) is 6.79. The summed E-state index contributed by atoms with van der Waals surface area (Å²) in [6.07, 6.45) is 8.16. The summed E-state index contributed by atoms with van der Waals surface area (Å²) in [5.74, 6) is 1.54. The van der Waals surface area contributed by atoms with Crippen LogP contribution in [0.5, 0.6) is 0 Å². The van der Waals surface area contributed by atoms with Gasteiger partial charge in [-0.25, -0.2) is 0 Å². The Kier molecular flexibility index (Phi) is 4.30. The second kappa shape index (κ2) is 6.17. The van der Waals surface area contributed by atoms with E-state index in [1.807, 2.05) is 0 Å². The Bertz CT molecular complexity index is 437. The Balaban J connectivity index is 1.87. The van der Waals surface area contributed by atoms with Crippen molar-refractivity contribution in [1.29, 1.82) is 0 Å². The van der Waals surface area contributed by atoms with Crippen LogP contribution in [-0.2, 0) is 6.42 Å². The molecule has 0 radical (unpaired) electrons. The molecule has 3 rings (SSSR count). The van der Waals surface area contributed by atoms with E-state index < -0.39 is 0 Å². The van der Waals surface area contributed by atoms with Gasteiger partial charge in [-0.3, -0.25) is 0 Å². The molecule has 2 unspecified atom stereocenters. The van der Waals surface area contributed by atoms with E-state index in [1.54, 1.807) is 0 Å². The number of fused-ring (bicyclic) bond motifs is 1. The van der Waals surface area contributed by atoms with E-state index in [9.17, 15) is 0 Å². The molecule has 0 bridgehead atoms. The molecule has 1 aliphatic heterocycles. The molecule has 1 saturated carbocycles. The third kappa shape index (κ3) is 2.71. The highest BCUT2D eigenvalue weighted by molar-refractivity contribution is 5.56. The number of para-hydroxylation sites is 1. The van der Waals surface area contributed by atoms with Gasteiger partial charge >= 0.3 is 0 Å². The Morgan fingerprint density at radius 2 is 1.95 bits per heavy atom. The lowest BCUT2D eigenvalue weighted by molar-refractivity contribution is 0.287. The number of benzene rings is 1. The van der Waals surface area contributed by atoms with Crippen molar-refractivity contribution in [3.63, 3.8) is 0 Å². The van der Waals surface area contributed by atoms with Crippen molar-refractivity contribution >= 4 is 5.69 Å². The van der Waals surface area contributed by atoms with Gasteiger partial charge in [0, 0.05) is 24.8 Å². The lowest BCUT2D eigenvalue weighted by Crippen LogP contribution is -2.50. The first-order valence-electron chi connectivity index (χ1n) is 8.34. The molecule has 1 aromatic rings. The van der Waals surface area contributed by atoms with E-state index in [0.29, 0.717) is 6.04 Å². The first kappa shape index (κ1) is 13.9. The molecule has 2 N–H and O–H groups in total. The van der Waals surface area contributed by atoms with Crippen molar-refractivity contribution in [1.82, 2.24) is 0 Å². The SMILES string of the molecule is CC1Cc2ccccc2N(C(CN)C2CCCCC2)C1. The maximum absolute atomic E-state index is 6.20. The van der Waals surface area contributed by atoms with Crippen molar-refractivity contribution in [2.75, 3.05) is 18.0 Å². The van der Waals surface area contributed by atoms with Gasteiger partial charge in [0.25, 0.3) is 0 Å². The molecule has 0 amide bonds.